The van der Waals surface area contributed by atoms with Crippen LogP contribution in [-0.4, -0.2) is 19.5 Å². The molecule has 0 amide bonds. The molecule has 0 aliphatic carbocycles. The van der Waals surface area contributed by atoms with E-state index in [2.05, 4.69) is 114 Å². The van der Waals surface area contributed by atoms with E-state index in [-0.39, 0.29) is 0 Å². The summed E-state index contributed by atoms with van der Waals surface area (Å²) in [4.78, 5) is 15.2. The molecule has 5 nitrogen and oxygen atoms in total. The average Bonchev–Trinajstić information content (AvgIpc) is 3.96. The molecule has 0 unspecified atom stereocenters. The number of aromatic nitrogens is 4. The third kappa shape index (κ3) is 5.04. The fraction of sp³-hybridized carbons (Fsp3) is 0. The molecule has 0 N–H and O–H groups in total. The van der Waals surface area contributed by atoms with Crippen molar-refractivity contribution in [3.05, 3.63) is 182 Å². The van der Waals surface area contributed by atoms with E-state index in [0.717, 1.165) is 61.0 Å². The topological polar surface area (TPSA) is 56.7 Å². The molecule has 57 heavy (non-hydrogen) atoms. The summed E-state index contributed by atoms with van der Waals surface area (Å²) in [7, 11) is 0. The molecule has 4 heterocycles. The third-order valence-electron chi connectivity index (χ3n) is 11.1. The molecular formula is C51H30N4OS. The molecule has 0 fully saturated rings. The number of benzene rings is 8. The molecule has 0 radical (unpaired) electrons. The Morgan fingerprint density at radius 1 is 0.404 bits per heavy atom. The molecule has 0 saturated carbocycles. The quantitative estimate of drug-likeness (QED) is 0.176. The maximum absolute atomic E-state index is 6.79. The van der Waals surface area contributed by atoms with E-state index in [1.165, 1.54) is 36.5 Å². The Morgan fingerprint density at radius 2 is 1.02 bits per heavy atom. The summed E-state index contributed by atoms with van der Waals surface area (Å²) in [5.41, 5.74) is 9.94. The number of fused-ring (bicyclic) bond motifs is 9. The van der Waals surface area contributed by atoms with E-state index in [4.69, 9.17) is 19.4 Å². The minimum absolute atomic E-state index is 0.597. The zero-order valence-corrected chi connectivity index (χ0v) is 31.2. The van der Waals surface area contributed by atoms with Gasteiger partial charge in [-0.1, -0.05) is 127 Å². The van der Waals surface area contributed by atoms with E-state index in [9.17, 15) is 0 Å². The fourth-order valence-electron chi connectivity index (χ4n) is 8.44. The molecule has 0 spiro atoms. The van der Waals surface area contributed by atoms with Gasteiger partial charge in [0.15, 0.2) is 17.5 Å². The Labute approximate surface area is 330 Å². The number of para-hydroxylation sites is 2. The van der Waals surface area contributed by atoms with Gasteiger partial charge in [-0.2, -0.15) is 0 Å². The van der Waals surface area contributed by atoms with Crippen molar-refractivity contribution in [2.75, 3.05) is 0 Å². The van der Waals surface area contributed by atoms with Crippen LogP contribution in [0.4, 0.5) is 0 Å². The number of hydrogen-bond donors (Lipinski definition) is 0. The number of rotatable bonds is 5. The lowest BCUT2D eigenvalue weighted by Crippen LogP contribution is -2.00. The zero-order chi connectivity index (χ0) is 37.5. The molecular weight excluding hydrogens is 717 g/mol. The molecule has 0 aliphatic rings. The van der Waals surface area contributed by atoms with Gasteiger partial charge >= 0.3 is 0 Å². The first-order valence-electron chi connectivity index (χ1n) is 19.0. The highest BCUT2D eigenvalue weighted by Gasteiger charge is 2.22. The summed E-state index contributed by atoms with van der Waals surface area (Å²) in [6.45, 7) is 0. The molecule has 0 bridgehead atoms. The Morgan fingerprint density at radius 3 is 1.81 bits per heavy atom. The van der Waals surface area contributed by atoms with Crippen LogP contribution >= 0.6 is 11.3 Å². The Hall–Kier alpha value is -7.41. The van der Waals surface area contributed by atoms with Crippen LogP contribution in [0.25, 0.3) is 115 Å². The first-order valence-corrected chi connectivity index (χ1v) is 19.8. The maximum Gasteiger partial charge on any atom is 0.164 e. The van der Waals surface area contributed by atoms with Crippen LogP contribution in [0.5, 0.6) is 0 Å². The average molecular weight is 747 g/mol. The van der Waals surface area contributed by atoms with Crippen LogP contribution in [0, 0.1) is 0 Å². The van der Waals surface area contributed by atoms with E-state index < -0.39 is 0 Å². The second-order valence-electron chi connectivity index (χ2n) is 14.4. The predicted octanol–water partition coefficient (Wildman–Crippen LogP) is 13.9. The molecule has 4 aromatic heterocycles. The molecule has 0 saturated heterocycles. The van der Waals surface area contributed by atoms with Crippen LogP contribution in [0.15, 0.2) is 186 Å². The van der Waals surface area contributed by atoms with Crippen LogP contribution in [-0.2, 0) is 0 Å². The summed E-state index contributed by atoms with van der Waals surface area (Å²) in [6, 6.07) is 63.8. The van der Waals surface area contributed by atoms with Crippen molar-refractivity contribution in [2.24, 2.45) is 0 Å². The van der Waals surface area contributed by atoms with E-state index in [1.807, 2.05) is 84.1 Å². The van der Waals surface area contributed by atoms with Crippen molar-refractivity contribution in [2.45, 2.75) is 0 Å². The summed E-state index contributed by atoms with van der Waals surface area (Å²) < 4.78 is 11.8. The van der Waals surface area contributed by atoms with Crippen LogP contribution in [0.2, 0.25) is 0 Å². The molecule has 0 atom stereocenters. The van der Waals surface area contributed by atoms with Crippen molar-refractivity contribution in [3.8, 4) is 51.0 Å². The largest absolute Gasteiger partial charge is 0.455 e. The van der Waals surface area contributed by atoms with Crippen molar-refractivity contribution < 1.29 is 4.42 Å². The SMILES string of the molecule is c1ccc(-c2nc(-c3ccccc3)nc(-c3ccc(-c4ccc5c(c4)c4ccccc4n5-c4ccc5c(c4)sc4ccccc45)c4oc5ccccc5c34)n2)cc1. The van der Waals surface area contributed by atoms with E-state index in [0.29, 0.717) is 17.5 Å². The van der Waals surface area contributed by atoms with Gasteiger partial charge in [0.2, 0.25) is 0 Å². The maximum atomic E-state index is 6.79. The number of hydrogen-bond acceptors (Lipinski definition) is 5. The Bertz CT molecular complexity index is 3470. The number of nitrogens with zero attached hydrogens (tertiary/aromatic N) is 4. The van der Waals surface area contributed by atoms with Crippen molar-refractivity contribution in [3.63, 3.8) is 0 Å². The lowest BCUT2D eigenvalue weighted by atomic mass is 9.97. The fourth-order valence-corrected chi connectivity index (χ4v) is 9.58. The van der Waals surface area contributed by atoms with Crippen molar-refractivity contribution >= 4 is 75.3 Å². The molecule has 0 aliphatic heterocycles. The van der Waals surface area contributed by atoms with Gasteiger partial charge in [-0.15, -0.1) is 11.3 Å². The normalized spacial score (nSPS) is 11.9. The van der Waals surface area contributed by atoms with Crippen LogP contribution in [0.1, 0.15) is 0 Å². The second kappa shape index (κ2) is 12.6. The first-order chi connectivity index (χ1) is 28.2. The standard InChI is InChI=1S/C51H30N4OS/c1-3-13-31(14-4-1)49-52-50(32-15-5-2-6-16-32)54-51(53-49)40-27-26-35(48-47(40)39-19-8-11-21-44(39)56-48)33-23-28-43-41(29-33)36-17-7-10-20-42(36)55(43)34-24-25-38-37-18-9-12-22-45(37)57-46(38)30-34/h1-30H. The van der Waals surface area contributed by atoms with Gasteiger partial charge < -0.3 is 8.98 Å². The highest BCUT2D eigenvalue weighted by atomic mass is 32.1. The summed E-state index contributed by atoms with van der Waals surface area (Å²) in [5, 5.41) is 6.99. The molecule has 6 heteroatoms. The number of furan rings is 1. The highest BCUT2D eigenvalue weighted by Crippen LogP contribution is 2.44. The summed E-state index contributed by atoms with van der Waals surface area (Å²) in [6.07, 6.45) is 0. The van der Waals surface area contributed by atoms with Crippen LogP contribution < -0.4 is 0 Å². The molecule has 12 aromatic rings. The smallest absolute Gasteiger partial charge is 0.164 e. The highest BCUT2D eigenvalue weighted by molar-refractivity contribution is 7.25. The predicted molar refractivity (Wildman–Crippen MR) is 236 cm³/mol. The molecule has 8 aromatic carbocycles. The lowest BCUT2D eigenvalue weighted by Gasteiger charge is -2.11. The van der Waals surface area contributed by atoms with Gasteiger partial charge in [0, 0.05) is 69.7 Å². The Kier molecular flexibility index (Phi) is 7.03. The summed E-state index contributed by atoms with van der Waals surface area (Å²) in [5.74, 6) is 1.84. The minimum Gasteiger partial charge on any atom is -0.455 e. The van der Waals surface area contributed by atoms with Gasteiger partial charge in [-0.3, -0.25) is 0 Å². The van der Waals surface area contributed by atoms with Gasteiger partial charge in [-0.05, 0) is 60.2 Å². The third-order valence-corrected chi connectivity index (χ3v) is 12.2. The summed E-state index contributed by atoms with van der Waals surface area (Å²) >= 11 is 1.85. The van der Waals surface area contributed by atoms with Gasteiger partial charge in [0.1, 0.15) is 11.2 Å². The van der Waals surface area contributed by atoms with E-state index in [1.54, 1.807) is 0 Å². The molecule has 12 rings (SSSR count). The van der Waals surface area contributed by atoms with Gasteiger partial charge in [0.25, 0.3) is 0 Å². The zero-order valence-electron chi connectivity index (χ0n) is 30.4. The molecule has 266 valence electrons. The van der Waals surface area contributed by atoms with Crippen molar-refractivity contribution in [1.82, 2.24) is 19.5 Å². The number of thiophene rings is 1. The second-order valence-corrected chi connectivity index (χ2v) is 15.4. The van der Waals surface area contributed by atoms with Crippen molar-refractivity contribution in [1.29, 1.82) is 0 Å². The lowest BCUT2D eigenvalue weighted by molar-refractivity contribution is 0.670. The van der Waals surface area contributed by atoms with E-state index >= 15 is 0 Å². The monoisotopic (exact) mass is 746 g/mol. The Balaban J connectivity index is 1.06. The minimum atomic E-state index is 0.597. The van der Waals surface area contributed by atoms with Gasteiger partial charge in [0.05, 0.1) is 11.0 Å². The van der Waals surface area contributed by atoms with Crippen LogP contribution in [0.3, 0.4) is 0 Å². The van der Waals surface area contributed by atoms with Gasteiger partial charge in [-0.25, -0.2) is 15.0 Å². The first kappa shape index (κ1) is 31.9.